The van der Waals surface area contributed by atoms with E-state index in [0.29, 0.717) is 0 Å². The van der Waals surface area contributed by atoms with Crippen LogP contribution in [0.3, 0.4) is 0 Å². The van der Waals surface area contributed by atoms with Crippen molar-refractivity contribution in [3.63, 3.8) is 0 Å². The molecule has 5 heteroatoms. The lowest BCUT2D eigenvalue weighted by Gasteiger charge is -1.87. The Morgan fingerprint density at radius 3 is 2.89 bits per heavy atom. The van der Waals surface area contributed by atoms with E-state index in [1.807, 2.05) is 0 Å². The normalized spacial score (nSPS) is 8.11. The maximum atomic E-state index is 10.4. The van der Waals surface area contributed by atoms with Crippen LogP contribution in [0.15, 0.2) is 5.11 Å². The Morgan fingerprint density at radius 2 is 2.44 bits per heavy atom. The fourth-order valence-corrected chi connectivity index (χ4v) is 0.314. The molecule has 5 nitrogen and oxygen atoms in total. The van der Waals surface area contributed by atoms with Crippen LogP contribution in [0.25, 0.3) is 10.4 Å². The van der Waals surface area contributed by atoms with Gasteiger partial charge in [0, 0.05) is 17.9 Å². The molecule has 0 bridgehead atoms. The molecule has 0 unspecified atom stereocenters. The van der Waals surface area contributed by atoms with E-state index in [9.17, 15) is 4.79 Å². The zero-order chi connectivity index (χ0) is 7.11. The molecule has 0 saturated heterocycles. The Morgan fingerprint density at radius 1 is 1.78 bits per heavy atom. The maximum absolute atomic E-state index is 10.4. The SMILES string of the molecule is [N-]=[N+]=NCC(=O)CCO. The molecule has 0 atom stereocenters. The van der Waals surface area contributed by atoms with Gasteiger partial charge in [0.1, 0.15) is 5.78 Å². The van der Waals surface area contributed by atoms with Crippen molar-refractivity contribution in [2.75, 3.05) is 13.2 Å². The molecule has 0 fully saturated rings. The van der Waals surface area contributed by atoms with Gasteiger partial charge in [0.05, 0.1) is 6.54 Å². The number of hydrogen-bond donors (Lipinski definition) is 1. The zero-order valence-electron chi connectivity index (χ0n) is 4.82. The minimum atomic E-state index is -0.240. The summed E-state index contributed by atoms with van der Waals surface area (Å²) in [6.07, 6.45) is 0.0685. The number of hydrogen-bond acceptors (Lipinski definition) is 3. The van der Waals surface area contributed by atoms with E-state index < -0.39 is 0 Å². The molecule has 0 aliphatic carbocycles. The van der Waals surface area contributed by atoms with E-state index in [-0.39, 0.29) is 25.4 Å². The summed E-state index contributed by atoms with van der Waals surface area (Å²) in [7, 11) is 0. The van der Waals surface area contributed by atoms with E-state index in [2.05, 4.69) is 10.0 Å². The van der Waals surface area contributed by atoms with Gasteiger partial charge in [-0.15, -0.1) is 0 Å². The van der Waals surface area contributed by atoms with Crippen LogP contribution in [0.5, 0.6) is 0 Å². The van der Waals surface area contributed by atoms with E-state index >= 15 is 0 Å². The van der Waals surface area contributed by atoms with Crippen LogP contribution in [0, 0.1) is 0 Å². The summed E-state index contributed by atoms with van der Waals surface area (Å²) >= 11 is 0. The maximum Gasteiger partial charge on any atom is 0.141 e. The third-order valence-electron chi connectivity index (χ3n) is 0.701. The molecule has 0 aromatic rings. The van der Waals surface area contributed by atoms with Crippen LogP contribution in [-0.2, 0) is 4.79 Å². The summed E-state index contributed by atoms with van der Waals surface area (Å²) in [5.74, 6) is -0.240. The molecule has 1 N–H and O–H groups in total. The van der Waals surface area contributed by atoms with Gasteiger partial charge in [-0.1, -0.05) is 5.11 Å². The third kappa shape index (κ3) is 4.80. The van der Waals surface area contributed by atoms with Crippen molar-refractivity contribution < 1.29 is 9.90 Å². The van der Waals surface area contributed by atoms with Gasteiger partial charge in [0.15, 0.2) is 0 Å². The lowest BCUT2D eigenvalue weighted by atomic mass is 10.3. The molecule has 0 aliphatic rings. The first-order chi connectivity index (χ1) is 4.31. The Kier molecular flexibility index (Phi) is 4.49. The summed E-state index contributed by atoms with van der Waals surface area (Å²) in [6, 6.07) is 0. The van der Waals surface area contributed by atoms with Crippen molar-refractivity contribution in [3.8, 4) is 0 Å². The first kappa shape index (κ1) is 7.94. The van der Waals surface area contributed by atoms with E-state index in [1.54, 1.807) is 0 Å². The van der Waals surface area contributed by atoms with Crippen molar-refractivity contribution in [3.05, 3.63) is 10.4 Å². The van der Waals surface area contributed by atoms with Crippen molar-refractivity contribution in [1.82, 2.24) is 0 Å². The van der Waals surface area contributed by atoms with Gasteiger partial charge in [0.25, 0.3) is 0 Å². The summed E-state index contributed by atoms with van der Waals surface area (Å²) < 4.78 is 0. The van der Waals surface area contributed by atoms with Crippen molar-refractivity contribution in [2.45, 2.75) is 6.42 Å². The van der Waals surface area contributed by atoms with Crippen LogP contribution in [0.4, 0.5) is 0 Å². The average molecular weight is 129 g/mol. The molecule has 0 radical (unpaired) electrons. The number of ketones is 1. The molecule has 50 valence electrons. The summed E-state index contributed by atoms with van der Waals surface area (Å²) in [4.78, 5) is 12.8. The molecular weight excluding hydrogens is 122 g/mol. The van der Waals surface area contributed by atoms with Gasteiger partial charge in [-0.3, -0.25) is 4.79 Å². The molecule has 0 aromatic heterocycles. The first-order valence-electron chi connectivity index (χ1n) is 2.44. The zero-order valence-corrected chi connectivity index (χ0v) is 4.82. The molecule has 9 heavy (non-hydrogen) atoms. The monoisotopic (exact) mass is 129 g/mol. The highest BCUT2D eigenvalue weighted by molar-refractivity contribution is 5.80. The van der Waals surface area contributed by atoms with Crippen LogP contribution in [-0.4, -0.2) is 24.0 Å². The van der Waals surface area contributed by atoms with Crippen LogP contribution in [0.1, 0.15) is 6.42 Å². The molecule has 0 spiro atoms. The number of nitrogens with zero attached hydrogens (tertiary/aromatic N) is 3. The Labute approximate surface area is 51.9 Å². The quantitative estimate of drug-likeness (QED) is 0.335. The fourth-order valence-electron chi connectivity index (χ4n) is 0.314. The second-order valence-corrected chi connectivity index (χ2v) is 1.40. The predicted octanol–water partition coefficient (Wildman–Crippen LogP) is 0.248. The second-order valence-electron chi connectivity index (χ2n) is 1.40. The Hall–Kier alpha value is -1.06. The molecule has 0 saturated carbocycles. The van der Waals surface area contributed by atoms with E-state index in [1.165, 1.54) is 0 Å². The van der Waals surface area contributed by atoms with Gasteiger partial charge in [-0.2, -0.15) is 0 Å². The lowest BCUT2D eigenvalue weighted by Crippen LogP contribution is -2.03. The summed E-state index contributed by atoms with van der Waals surface area (Å²) in [5.41, 5.74) is 7.73. The Balaban J connectivity index is 3.38. The van der Waals surface area contributed by atoms with E-state index in [4.69, 9.17) is 10.6 Å². The lowest BCUT2D eigenvalue weighted by molar-refractivity contribution is -0.118. The number of aliphatic hydroxyl groups excluding tert-OH is 1. The number of carbonyl (C=O) groups is 1. The highest BCUT2D eigenvalue weighted by Gasteiger charge is 1.95. The van der Waals surface area contributed by atoms with Crippen molar-refractivity contribution >= 4 is 5.78 Å². The molecule has 0 aliphatic heterocycles. The van der Waals surface area contributed by atoms with Crippen LogP contribution >= 0.6 is 0 Å². The highest BCUT2D eigenvalue weighted by Crippen LogP contribution is 1.81. The van der Waals surface area contributed by atoms with Crippen LogP contribution in [0.2, 0.25) is 0 Å². The van der Waals surface area contributed by atoms with Crippen LogP contribution < -0.4 is 0 Å². The van der Waals surface area contributed by atoms with E-state index in [0.717, 1.165) is 0 Å². The number of rotatable bonds is 4. The molecule has 0 amide bonds. The van der Waals surface area contributed by atoms with Gasteiger partial charge in [-0.05, 0) is 5.53 Å². The smallest absolute Gasteiger partial charge is 0.141 e. The summed E-state index contributed by atoms with van der Waals surface area (Å²) in [6.45, 7) is -0.336. The molecule has 0 heterocycles. The number of Topliss-reactive ketones (excluding diaryl/α,β-unsaturated/α-hetero) is 1. The van der Waals surface area contributed by atoms with Gasteiger partial charge in [-0.25, -0.2) is 0 Å². The fraction of sp³-hybridized carbons (Fsp3) is 0.750. The molecule has 0 rings (SSSR count). The second kappa shape index (κ2) is 5.08. The largest absolute Gasteiger partial charge is 0.396 e. The standard InChI is InChI=1S/C4H7N3O2/c5-7-6-3-4(9)1-2-8/h8H,1-3H2. The third-order valence-corrected chi connectivity index (χ3v) is 0.701. The van der Waals surface area contributed by atoms with Crippen molar-refractivity contribution in [2.24, 2.45) is 5.11 Å². The van der Waals surface area contributed by atoms with Gasteiger partial charge >= 0.3 is 0 Å². The molecular formula is C4H7N3O2. The predicted molar refractivity (Wildman–Crippen MR) is 30.7 cm³/mol. The average Bonchev–Trinajstić information content (AvgIpc) is 1.85. The Bertz CT molecular complexity index is 139. The van der Waals surface area contributed by atoms with Gasteiger partial charge in [0.2, 0.25) is 0 Å². The highest BCUT2D eigenvalue weighted by atomic mass is 16.3. The van der Waals surface area contributed by atoms with Crippen molar-refractivity contribution in [1.29, 1.82) is 0 Å². The minimum Gasteiger partial charge on any atom is -0.396 e. The minimum absolute atomic E-state index is 0.0685. The first-order valence-corrected chi connectivity index (χ1v) is 2.44. The van der Waals surface area contributed by atoms with Gasteiger partial charge < -0.3 is 5.11 Å². The number of carbonyl (C=O) groups excluding carboxylic acids is 1. The topological polar surface area (TPSA) is 86.1 Å². The number of aliphatic hydroxyl groups is 1. The number of azide groups is 1. The summed E-state index contributed by atoms with van der Waals surface area (Å²) in [5, 5.41) is 11.2. The molecule has 0 aromatic carbocycles.